The molecule has 1 aliphatic heterocycles. The number of anilines is 2. The maximum atomic E-state index is 13.8. The predicted molar refractivity (Wildman–Crippen MR) is 124 cm³/mol. The van der Waals surface area contributed by atoms with E-state index in [1.165, 1.54) is 19.1 Å². The SMILES string of the molecule is Cc1ccc(F)cc1-c1nc(NS(=O)(=O)c2cccc(N3CCN[C@@H](C)C3)n2)ccc1C(F)(F)F. The zero-order valence-corrected chi connectivity index (χ0v) is 19.7. The maximum Gasteiger partial charge on any atom is 0.418 e. The molecule has 0 spiro atoms. The van der Waals surface area contributed by atoms with Crippen LogP contribution in [0.3, 0.4) is 0 Å². The van der Waals surface area contributed by atoms with Gasteiger partial charge in [-0.3, -0.25) is 4.72 Å². The molecule has 1 aromatic carbocycles. The van der Waals surface area contributed by atoms with Crippen LogP contribution >= 0.6 is 0 Å². The second-order valence-corrected chi connectivity index (χ2v) is 9.92. The summed E-state index contributed by atoms with van der Waals surface area (Å²) in [4.78, 5) is 10.1. The number of aryl methyl sites for hydroxylation is 1. The van der Waals surface area contributed by atoms with Gasteiger partial charge in [0.25, 0.3) is 10.0 Å². The molecule has 2 N–H and O–H groups in total. The van der Waals surface area contributed by atoms with Gasteiger partial charge in [0, 0.05) is 31.2 Å². The number of alkyl halides is 3. The van der Waals surface area contributed by atoms with E-state index in [9.17, 15) is 26.0 Å². The fraction of sp³-hybridized carbons (Fsp3) is 0.304. The zero-order valence-electron chi connectivity index (χ0n) is 18.9. The second-order valence-electron chi connectivity index (χ2n) is 8.29. The first kappa shape index (κ1) is 24.9. The van der Waals surface area contributed by atoms with Crippen molar-refractivity contribution in [3.8, 4) is 11.3 Å². The average Bonchev–Trinajstić information content (AvgIpc) is 2.80. The molecule has 7 nitrogen and oxygen atoms in total. The van der Waals surface area contributed by atoms with Crippen molar-refractivity contribution in [3.63, 3.8) is 0 Å². The van der Waals surface area contributed by atoms with Crippen LogP contribution < -0.4 is 14.9 Å². The van der Waals surface area contributed by atoms with Crippen LogP contribution in [0.25, 0.3) is 11.3 Å². The molecule has 3 heterocycles. The average molecular weight is 510 g/mol. The number of pyridine rings is 2. The van der Waals surface area contributed by atoms with Crippen molar-refractivity contribution in [3.05, 3.63) is 65.5 Å². The van der Waals surface area contributed by atoms with Crippen LogP contribution in [-0.4, -0.2) is 44.1 Å². The molecule has 0 aliphatic carbocycles. The Morgan fingerprint density at radius 1 is 1.11 bits per heavy atom. The van der Waals surface area contributed by atoms with E-state index in [0.29, 0.717) is 24.5 Å². The normalized spacial score (nSPS) is 16.9. The molecule has 1 saturated heterocycles. The van der Waals surface area contributed by atoms with E-state index in [4.69, 9.17) is 0 Å². The molecular weight excluding hydrogens is 486 g/mol. The molecule has 2 aromatic heterocycles. The lowest BCUT2D eigenvalue weighted by molar-refractivity contribution is -0.137. The minimum atomic E-state index is -4.78. The number of halogens is 4. The van der Waals surface area contributed by atoms with Gasteiger partial charge in [-0.1, -0.05) is 12.1 Å². The Kier molecular flexibility index (Phi) is 6.69. The van der Waals surface area contributed by atoms with Crippen molar-refractivity contribution in [2.45, 2.75) is 31.1 Å². The van der Waals surface area contributed by atoms with Crippen LogP contribution in [0.4, 0.5) is 29.2 Å². The summed E-state index contributed by atoms with van der Waals surface area (Å²) >= 11 is 0. The summed E-state index contributed by atoms with van der Waals surface area (Å²) in [5.74, 6) is -0.618. The number of aromatic nitrogens is 2. The standard InChI is InChI=1S/C23H23F4N5O2S/c1-14-6-7-16(24)12-17(14)22-18(23(25,26)27)8-9-19(29-22)31-35(33,34)21-5-3-4-20(30-21)32-11-10-28-15(2)13-32/h3-9,12,15,28H,10-11,13H2,1-2H3,(H,29,31)/t15-/m0/s1. The van der Waals surface area contributed by atoms with Crippen molar-refractivity contribution in [2.75, 3.05) is 29.3 Å². The number of hydrogen-bond acceptors (Lipinski definition) is 6. The molecule has 0 saturated carbocycles. The molecule has 0 unspecified atom stereocenters. The molecule has 1 aliphatic rings. The van der Waals surface area contributed by atoms with Crippen molar-refractivity contribution < 1.29 is 26.0 Å². The smallest absolute Gasteiger partial charge is 0.354 e. The number of rotatable bonds is 5. The van der Waals surface area contributed by atoms with E-state index in [0.717, 1.165) is 30.8 Å². The summed E-state index contributed by atoms with van der Waals surface area (Å²) in [6, 6.07) is 9.75. The molecule has 1 fully saturated rings. The molecule has 3 aromatic rings. The molecule has 35 heavy (non-hydrogen) atoms. The highest BCUT2D eigenvalue weighted by Gasteiger charge is 2.35. The highest BCUT2D eigenvalue weighted by Crippen LogP contribution is 2.38. The highest BCUT2D eigenvalue weighted by molar-refractivity contribution is 7.92. The number of nitrogens with one attached hydrogen (secondary N) is 2. The monoisotopic (exact) mass is 509 g/mol. The van der Waals surface area contributed by atoms with Crippen LogP contribution in [0.5, 0.6) is 0 Å². The van der Waals surface area contributed by atoms with Crippen LogP contribution in [0.15, 0.2) is 53.6 Å². The van der Waals surface area contributed by atoms with Gasteiger partial charge >= 0.3 is 6.18 Å². The minimum absolute atomic E-state index is 0.0914. The second kappa shape index (κ2) is 9.42. The van der Waals surface area contributed by atoms with E-state index in [1.807, 2.05) is 11.8 Å². The predicted octanol–water partition coefficient (Wildman–Crippen LogP) is 4.21. The van der Waals surface area contributed by atoms with Gasteiger partial charge in [-0.15, -0.1) is 0 Å². The molecule has 0 radical (unpaired) electrons. The van der Waals surface area contributed by atoms with Gasteiger partial charge in [0.15, 0.2) is 5.03 Å². The molecule has 1 atom stereocenters. The lowest BCUT2D eigenvalue weighted by atomic mass is 10.0. The van der Waals surface area contributed by atoms with Crippen LogP contribution in [0.2, 0.25) is 0 Å². The summed E-state index contributed by atoms with van der Waals surface area (Å²) < 4.78 is 83.1. The fourth-order valence-electron chi connectivity index (χ4n) is 3.86. The summed E-state index contributed by atoms with van der Waals surface area (Å²) in [5.41, 5.74) is -1.43. The Bertz CT molecular complexity index is 1350. The lowest BCUT2D eigenvalue weighted by Gasteiger charge is -2.32. The van der Waals surface area contributed by atoms with Gasteiger partial charge in [-0.2, -0.15) is 21.6 Å². The van der Waals surface area contributed by atoms with Crippen LogP contribution in [-0.2, 0) is 16.2 Å². The number of piperazine rings is 1. The molecule has 186 valence electrons. The largest absolute Gasteiger partial charge is 0.418 e. The fourth-order valence-corrected chi connectivity index (χ4v) is 4.82. The first-order chi connectivity index (χ1) is 16.4. The maximum absolute atomic E-state index is 13.8. The van der Waals surface area contributed by atoms with Crippen LogP contribution in [0, 0.1) is 12.7 Å². The summed E-state index contributed by atoms with van der Waals surface area (Å²) in [7, 11) is -4.27. The molecule has 4 rings (SSSR count). The third-order valence-electron chi connectivity index (χ3n) is 5.57. The van der Waals surface area contributed by atoms with Gasteiger partial charge in [0.05, 0.1) is 11.3 Å². The van der Waals surface area contributed by atoms with E-state index < -0.39 is 33.3 Å². The number of sulfonamides is 1. The van der Waals surface area contributed by atoms with Gasteiger partial charge in [-0.25, -0.2) is 14.4 Å². The third kappa shape index (κ3) is 5.54. The van der Waals surface area contributed by atoms with Crippen molar-refractivity contribution in [1.82, 2.24) is 15.3 Å². The van der Waals surface area contributed by atoms with Gasteiger partial charge in [-0.05, 0) is 55.8 Å². The van der Waals surface area contributed by atoms with Crippen molar-refractivity contribution in [1.29, 1.82) is 0 Å². The van der Waals surface area contributed by atoms with Gasteiger partial charge < -0.3 is 10.2 Å². The van der Waals surface area contributed by atoms with Crippen molar-refractivity contribution in [2.24, 2.45) is 0 Å². The Morgan fingerprint density at radius 3 is 2.60 bits per heavy atom. The first-order valence-corrected chi connectivity index (χ1v) is 12.3. The summed E-state index contributed by atoms with van der Waals surface area (Å²) in [6.07, 6.45) is -4.78. The first-order valence-electron chi connectivity index (χ1n) is 10.8. The molecule has 0 bridgehead atoms. The minimum Gasteiger partial charge on any atom is -0.354 e. The number of benzene rings is 1. The number of hydrogen-bond donors (Lipinski definition) is 2. The number of nitrogens with zero attached hydrogens (tertiary/aromatic N) is 3. The Morgan fingerprint density at radius 2 is 1.89 bits per heavy atom. The van der Waals surface area contributed by atoms with E-state index >= 15 is 0 Å². The Hall–Kier alpha value is -3.25. The van der Waals surface area contributed by atoms with Gasteiger partial charge in [0.2, 0.25) is 0 Å². The van der Waals surface area contributed by atoms with Crippen LogP contribution in [0.1, 0.15) is 18.1 Å². The third-order valence-corrected chi connectivity index (χ3v) is 6.83. The molecule has 12 heteroatoms. The summed E-state index contributed by atoms with van der Waals surface area (Å²) in [5, 5.41) is 2.99. The lowest BCUT2D eigenvalue weighted by Crippen LogP contribution is -2.49. The Balaban J connectivity index is 1.70. The van der Waals surface area contributed by atoms with E-state index in [1.54, 1.807) is 12.1 Å². The van der Waals surface area contributed by atoms with Crippen molar-refractivity contribution >= 4 is 21.7 Å². The molecular formula is C23H23F4N5O2S. The zero-order chi connectivity index (χ0) is 25.4. The highest BCUT2D eigenvalue weighted by atomic mass is 32.2. The quantitative estimate of drug-likeness (QED) is 0.501. The summed E-state index contributed by atoms with van der Waals surface area (Å²) in [6.45, 7) is 5.52. The van der Waals surface area contributed by atoms with E-state index in [-0.39, 0.29) is 22.4 Å². The Labute approximate surface area is 200 Å². The topological polar surface area (TPSA) is 87.2 Å². The van der Waals surface area contributed by atoms with Gasteiger partial charge in [0.1, 0.15) is 17.5 Å². The molecule has 0 amide bonds. The van der Waals surface area contributed by atoms with E-state index in [2.05, 4.69) is 20.0 Å².